The molecule has 1 aromatic heterocycles. The molecule has 2 rings (SSSR count). The summed E-state index contributed by atoms with van der Waals surface area (Å²) in [5, 5.41) is 2.85. The molecule has 0 saturated heterocycles. The molecule has 13 heavy (non-hydrogen) atoms. The van der Waals surface area contributed by atoms with Crippen LogP contribution in [0.25, 0.3) is 6.08 Å². The molecular weight excluding hydrogens is 252 g/mol. The van der Waals surface area contributed by atoms with Crippen LogP contribution in [0.3, 0.4) is 0 Å². The van der Waals surface area contributed by atoms with Gasteiger partial charge in [-0.25, -0.2) is 0 Å². The van der Waals surface area contributed by atoms with Crippen LogP contribution in [0.1, 0.15) is 4.88 Å². The summed E-state index contributed by atoms with van der Waals surface area (Å²) in [4.78, 5) is 1.13. The molecule has 0 bridgehead atoms. The standard InChI is InChI=1S/C9H9BrO2S/c10-3-1-2-8-9-7(6-13-8)11-4-5-12-9/h1-2,6H,3-5H2. The highest BCUT2D eigenvalue weighted by Crippen LogP contribution is 2.39. The van der Waals surface area contributed by atoms with Gasteiger partial charge in [-0.3, -0.25) is 0 Å². The van der Waals surface area contributed by atoms with Crippen molar-refractivity contribution in [3.05, 3.63) is 16.3 Å². The Morgan fingerprint density at radius 1 is 1.46 bits per heavy atom. The molecule has 0 N–H and O–H groups in total. The van der Waals surface area contributed by atoms with Gasteiger partial charge < -0.3 is 9.47 Å². The molecular formula is C9H9BrO2S. The lowest BCUT2D eigenvalue weighted by molar-refractivity contribution is 0.173. The van der Waals surface area contributed by atoms with E-state index in [4.69, 9.17) is 9.47 Å². The Kier molecular flexibility index (Phi) is 2.90. The van der Waals surface area contributed by atoms with Gasteiger partial charge in [-0.1, -0.05) is 22.0 Å². The molecule has 1 aromatic rings. The fourth-order valence-corrected chi connectivity index (χ4v) is 2.19. The average molecular weight is 261 g/mol. The first kappa shape index (κ1) is 9.09. The number of fused-ring (bicyclic) bond motifs is 1. The van der Waals surface area contributed by atoms with E-state index in [-0.39, 0.29) is 0 Å². The number of hydrogen-bond donors (Lipinski definition) is 0. The minimum atomic E-state index is 0.652. The van der Waals surface area contributed by atoms with Crippen LogP contribution >= 0.6 is 27.3 Å². The molecule has 1 aliphatic rings. The first-order chi connectivity index (χ1) is 6.42. The molecule has 0 aromatic carbocycles. The molecule has 0 radical (unpaired) electrons. The molecule has 2 nitrogen and oxygen atoms in total. The van der Waals surface area contributed by atoms with Gasteiger partial charge in [0.25, 0.3) is 0 Å². The smallest absolute Gasteiger partial charge is 0.179 e. The lowest BCUT2D eigenvalue weighted by atomic mass is 10.3. The van der Waals surface area contributed by atoms with Crippen molar-refractivity contribution in [1.29, 1.82) is 0 Å². The van der Waals surface area contributed by atoms with Gasteiger partial charge in [0.1, 0.15) is 13.2 Å². The molecule has 0 amide bonds. The van der Waals surface area contributed by atoms with E-state index >= 15 is 0 Å². The highest BCUT2D eigenvalue weighted by Gasteiger charge is 2.16. The first-order valence-corrected chi connectivity index (χ1v) is 6.01. The minimum absolute atomic E-state index is 0.652. The predicted octanol–water partition coefficient (Wildman–Crippen LogP) is 2.93. The Labute approximate surface area is 89.3 Å². The van der Waals surface area contributed by atoms with E-state index in [1.807, 2.05) is 17.5 Å². The van der Waals surface area contributed by atoms with E-state index in [0.29, 0.717) is 13.2 Å². The predicted molar refractivity (Wildman–Crippen MR) is 58.1 cm³/mol. The number of halogens is 1. The second-order valence-corrected chi connectivity index (χ2v) is 4.11. The molecule has 4 heteroatoms. The van der Waals surface area contributed by atoms with Crippen LogP contribution in [0.15, 0.2) is 11.5 Å². The Hall–Kier alpha value is -0.480. The molecule has 0 atom stereocenters. The third kappa shape index (κ3) is 1.89. The quantitative estimate of drug-likeness (QED) is 0.762. The molecule has 2 heterocycles. The minimum Gasteiger partial charge on any atom is -0.485 e. The van der Waals surface area contributed by atoms with E-state index in [1.54, 1.807) is 11.3 Å². The molecule has 0 fully saturated rings. The van der Waals surface area contributed by atoms with Crippen molar-refractivity contribution in [3.8, 4) is 11.5 Å². The van der Waals surface area contributed by atoms with Crippen LogP contribution < -0.4 is 9.47 Å². The van der Waals surface area contributed by atoms with Gasteiger partial charge in [0.05, 0.1) is 4.88 Å². The average Bonchev–Trinajstić information content (AvgIpc) is 2.58. The van der Waals surface area contributed by atoms with Crippen molar-refractivity contribution in [2.24, 2.45) is 0 Å². The molecule has 0 saturated carbocycles. The van der Waals surface area contributed by atoms with Crippen molar-refractivity contribution in [1.82, 2.24) is 0 Å². The second kappa shape index (κ2) is 4.15. The van der Waals surface area contributed by atoms with Crippen LogP contribution in [-0.2, 0) is 0 Å². The van der Waals surface area contributed by atoms with E-state index < -0.39 is 0 Å². The summed E-state index contributed by atoms with van der Waals surface area (Å²) < 4.78 is 10.9. The van der Waals surface area contributed by atoms with Crippen LogP contribution in [0.2, 0.25) is 0 Å². The largest absolute Gasteiger partial charge is 0.485 e. The van der Waals surface area contributed by atoms with E-state index in [1.165, 1.54) is 0 Å². The number of allylic oxidation sites excluding steroid dienone is 1. The molecule has 0 spiro atoms. The molecule has 70 valence electrons. The summed E-state index contributed by atoms with van der Waals surface area (Å²) in [6.45, 7) is 1.31. The Morgan fingerprint density at radius 3 is 3.15 bits per heavy atom. The second-order valence-electron chi connectivity index (χ2n) is 2.55. The normalized spacial score (nSPS) is 15.2. The fourth-order valence-electron chi connectivity index (χ4n) is 1.15. The van der Waals surface area contributed by atoms with Gasteiger partial charge >= 0.3 is 0 Å². The number of hydrogen-bond acceptors (Lipinski definition) is 3. The zero-order valence-corrected chi connectivity index (χ0v) is 9.36. The molecule has 0 aliphatic carbocycles. The number of thiophene rings is 1. The van der Waals surface area contributed by atoms with Crippen molar-refractivity contribution in [2.45, 2.75) is 0 Å². The van der Waals surface area contributed by atoms with Crippen LogP contribution in [0.5, 0.6) is 11.5 Å². The van der Waals surface area contributed by atoms with Crippen molar-refractivity contribution >= 4 is 33.3 Å². The summed E-state index contributed by atoms with van der Waals surface area (Å²) in [5.41, 5.74) is 0. The van der Waals surface area contributed by atoms with Gasteiger partial charge in [-0.15, -0.1) is 11.3 Å². The third-order valence-electron chi connectivity index (χ3n) is 1.69. The summed E-state index contributed by atoms with van der Waals surface area (Å²) in [6.07, 6.45) is 4.09. The maximum Gasteiger partial charge on any atom is 0.179 e. The van der Waals surface area contributed by atoms with Gasteiger partial charge in [-0.2, -0.15) is 0 Å². The van der Waals surface area contributed by atoms with Crippen molar-refractivity contribution < 1.29 is 9.47 Å². The van der Waals surface area contributed by atoms with Crippen LogP contribution in [0.4, 0.5) is 0 Å². The summed E-state index contributed by atoms with van der Waals surface area (Å²) in [5.74, 6) is 1.78. The van der Waals surface area contributed by atoms with Gasteiger partial charge in [0, 0.05) is 10.7 Å². The topological polar surface area (TPSA) is 18.5 Å². The third-order valence-corrected chi connectivity index (χ3v) is 2.97. The van der Waals surface area contributed by atoms with Crippen molar-refractivity contribution in [3.63, 3.8) is 0 Å². The number of ether oxygens (including phenoxy) is 2. The lowest BCUT2D eigenvalue weighted by Crippen LogP contribution is -2.14. The Bertz CT molecular complexity index is 319. The van der Waals surface area contributed by atoms with Gasteiger partial charge in [-0.05, 0) is 6.08 Å². The zero-order chi connectivity index (χ0) is 9.10. The molecule has 1 aliphatic heterocycles. The summed E-state index contributed by atoms with van der Waals surface area (Å²) in [7, 11) is 0. The first-order valence-electron chi connectivity index (χ1n) is 4.01. The van der Waals surface area contributed by atoms with E-state index in [2.05, 4.69) is 15.9 Å². The highest BCUT2D eigenvalue weighted by atomic mass is 79.9. The molecule has 0 unspecified atom stereocenters. The van der Waals surface area contributed by atoms with Crippen molar-refractivity contribution in [2.75, 3.05) is 18.5 Å². The van der Waals surface area contributed by atoms with Crippen LogP contribution in [-0.4, -0.2) is 18.5 Å². The number of alkyl halides is 1. The summed E-state index contributed by atoms with van der Waals surface area (Å²) in [6, 6.07) is 0. The monoisotopic (exact) mass is 260 g/mol. The zero-order valence-electron chi connectivity index (χ0n) is 6.96. The fraction of sp³-hybridized carbons (Fsp3) is 0.333. The van der Waals surface area contributed by atoms with Crippen LogP contribution in [0, 0.1) is 0 Å². The number of rotatable bonds is 2. The Balaban J connectivity index is 2.26. The maximum atomic E-state index is 5.51. The highest BCUT2D eigenvalue weighted by molar-refractivity contribution is 9.09. The van der Waals surface area contributed by atoms with E-state index in [9.17, 15) is 0 Å². The van der Waals surface area contributed by atoms with E-state index in [0.717, 1.165) is 21.7 Å². The van der Waals surface area contributed by atoms with Gasteiger partial charge in [0.2, 0.25) is 0 Å². The van der Waals surface area contributed by atoms with Gasteiger partial charge in [0.15, 0.2) is 11.5 Å². The SMILES string of the molecule is BrCC=Cc1scc2c1OCCO2. The Morgan fingerprint density at radius 2 is 2.31 bits per heavy atom. The maximum absolute atomic E-state index is 5.51. The lowest BCUT2D eigenvalue weighted by Gasteiger charge is -2.15. The summed E-state index contributed by atoms with van der Waals surface area (Å²) >= 11 is 4.98.